The number of fused-ring (bicyclic) bond motifs is 2. The monoisotopic (exact) mass is 412 g/mol. The fourth-order valence-electron chi connectivity index (χ4n) is 4.01. The molecule has 0 unspecified atom stereocenters. The van der Waals surface area contributed by atoms with Gasteiger partial charge >= 0.3 is 0 Å². The van der Waals surface area contributed by atoms with Crippen molar-refractivity contribution in [1.82, 2.24) is 24.7 Å². The summed E-state index contributed by atoms with van der Waals surface area (Å²) in [5.41, 5.74) is 5.49. The molecule has 7 heteroatoms. The summed E-state index contributed by atoms with van der Waals surface area (Å²) in [6.07, 6.45) is 4.48. The van der Waals surface area contributed by atoms with Gasteiger partial charge in [-0.15, -0.1) is 10.2 Å². The predicted molar refractivity (Wildman–Crippen MR) is 120 cm³/mol. The number of hydrogen-bond acceptors (Lipinski definition) is 5. The summed E-state index contributed by atoms with van der Waals surface area (Å²) < 4.78 is 2.21. The van der Waals surface area contributed by atoms with Crippen LogP contribution in [-0.2, 0) is 13.0 Å². The highest BCUT2D eigenvalue weighted by Crippen LogP contribution is 2.25. The van der Waals surface area contributed by atoms with Crippen molar-refractivity contribution in [3.05, 3.63) is 65.2 Å². The van der Waals surface area contributed by atoms with Crippen LogP contribution >= 0.6 is 0 Å². The molecule has 0 saturated heterocycles. The van der Waals surface area contributed by atoms with Gasteiger partial charge in [0, 0.05) is 29.8 Å². The van der Waals surface area contributed by atoms with E-state index >= 15 is 0 Å². The third-order valence-electron chi connectivity index (χ3n) is 5.83. The van der Waals surface area contributed by atoms with Crippen LogP contribution < -0.4 is 5.32 Å². The Kier molecular flexibility index (Phi) is 4.94. The number of nitrogens with one attached hydrogen (secondary N) is 1. The minimum absolute atomic E-state index is 0.181. The highest BCUT2D eigenvalue weighted by atomic mass is 16.1. The lowest BCUT2D eigenvalue weighted by atomic mass is 10.1. The summed E-state index contributed by atoms with van der Waals surface area (Å²) in [5.74, 6) is 1.73. The number of carbonyl (C=O) groups is 1. The Morgan fingerprint density at radius 2 is 1.77 bits per heavy atom. The van der Waals surface area contributed by atoms with Crippen molar-refractivity contribution in [2.45, 2.75) is 46.1 Å². The first-order chi connectivity index (χ1) is 15.1. The quantitative estimate of drug-likeness (QED) is 0.536. The molecule has 0 fully saturated rings. The number of aromatic nitrogens is 5. The van der Waals surface area contributed by atoms with Gasteiger partial charge in [-0.1, -0.05) is 18.6 Å². The molecule has 1 aliphatic rings. The fourth-order valence-corrected chi connectivity index (χ4v) is 4.01. The molecule has 1 aliphatic heterocycles. The molecule has 2 aromatic heterocycles. The van der Waals surface area contributed by atoms with Gasteiger partial charge in [0.15, 0.2) is 5.82 Å². The van der Waals surface area contributed by atoms with Crippen LogP contribution in [0.3, 0.4) is 0 Å². The Hall–Kier alpha value is -3.61. The minimum Gasteiger partial charge on any atom is -0.322 e. The van der Waals surface area contributed by atoms with Gasteiger partial charge < -0.3 is 9.88 Å². The fraction of sp³-hybridized carbons (Fsp3) is 0.292. The number of anilines is 1. The van der Waals surface area contributed by atoms with Crippen molar-refractivity contribution in [2.75, 3.05) is 5.32 Å². The normalized spacial score (nSPS) is 13.6. The van der Waals surface area contributed by atoms with Crippen LogP contribution in [0.15, 0.2) is 42.5 Å². The molecule has 156 valence electrons. The summed E-state index contributed by atoms with van der Waals surface area (Å²) in [4.78, 5) is 22.0. The number of benzene rings is 2. The summed E-state index contributed by atoms with van der Waals surface area (Å²) >= 11 is 0. The molecular weight excluding hydrogens is 388 g/mol. The molecule has 0 radical (unpaired) electrons. The highest BCUT2D eigenvalue weighted by Gasteiger charge is 2.17. The van der Waals surface area contributed by atoms with Crippen molar-refractivity contribution in [1.29, 1.82) is 0 Å². The zero-order valence-corrected chi connectivity index (χ0v) is 17.7. The van der Waals surface area contributed by atoms with Crippen LogP contribution in [0.25, 0.3) is 22.4 Å². The Bertz CT molecular complexity index is 1290. The van der Waals surface area contributed by atoms with Crippen molar-refractivity contribution in [3.8, 4) is 11.4 Å². The lowest BCUT2D eigenvalue weighted by Gasteiger charge is -2.10. The smallest absolute Gasteiger partial charge is 0.255 e. The van der Waals surface area contributed by atoms with Gasteiger partial charge in [0.05, 0.1) is 22.4 Å². The summed E-state index contributed by atoms with van der Waals surface area (Å²) in [6, 6.07) is 13.2. The van der Waals surface area contributed by atoms with Gasteiger partial charge in [0.2, 0.25) is 0 Å². The van der Waals surface area contributed by atoms with Gasteiger partial charge in [-0.2, -0.15) is 0 Å². The van der Waals surface area contributed by atoms with Gasteiger partial charge in [0.1, 0.15) is 5.82 Å². The number of carbonyl (C=O) groups excluding carboxylic acids is 1. The molecule has 1 N–H and O–H groups in total. The maximum absolute atomic E-state index is 12.9. The van der Waals surface area contributed by atoms with Crippen LogP contribution in [-0.4, -0.2) is 30.6 Å². The molecule has 31 heavy (non-hydrogen) atoms. The first-order valence-electron chi connectivity index (χ1n) is 10.7. The lowest BCUT2D eigenvalue weighted by Crippen LogP contribution is -2.12. The van der Waals surface area contributed by atoms with E-state index in [2.05, 4.69) is 30.0 Å². The second kappa shape index (κ2) is 7.91. The van der Waals surface area contributed by atoms with Crippen molar-refractivity contribution < 1.29 is 4.79 Å². The Morgan fingerprint density at radius 1 is 0.935 bits per heavy atom. The van der Waals surface area contributed by atoms with E-state index < -0.39 is 0 Å². The number of amides is 1. The third-order valence-corrected chi connectivity index (χ3v) is 5.83. The molecule has 2 aromatic carbocycles. The van der Waals surface area contributed by atoms with E-state index in [1.165, 1.54) is 6.42 Å². The maximum Gasteiger partial charge on any atom is 0.255 e. The van der Waals surface area contributed by atoms with E-state index in [0.29, 0.717) is 5.56 Å². The third kappa shape index (κ3) is 3.79. The minimum atomic E-state index is -0.181. The van der Waals surface area contributed by atoms with Crippen LogP contribution in [0, 0.1) is 13.8 Å². The largest absolute Gasteiger partial charge is 0.322 e. The van der Waals surface area contributed by atoms with Crippen LogP contribution in [0.2, 0.25) is 0 Å². The first-order valence-corrected chi connectivity index (χ1v) is 10.7. The van der Waals surface area contributed by atoms with E-state index in [1.807, 2.05) is 44.2 Å². The molecule has 0 saturated carbocycles. The molecule has 0 bridgehead atoms. The number of hydrogen-bond donors (Lipinski definition) is 1. The molecule has 1 amide bonds. The van der Waals surface area contributed by atoms with Crippen LogP contribution in [0.1, 0.15) is 46.8 Å². The highest BCUT2D eigenvalue weighted by molar-refractivity contribution is 6.06. The molecule has 0 spiro atoms. The molecule has 3 heterocycles. The van der Waals surface area contributed by atoms with Gasteiger partial charge in [-0.05, 0) is 57.0 Å². The average Bonchev–Trinajstić information content (AvgIpc) is 3.02. The summed E-state index contributed by atoms with van der Waals surface area (Å²) in [6.45, 7) is 4.79. The second-order valence-electron chi connectivity index (χ2n) is 8.03. The molecular formula is C24H24N6O. The molecule has 0 atom stereocenters. The molecule has 5 rings (SSSR count). The topological polar surface area (TPSA) is 85.6 Å². The van der Waals surface area contributed by atoms with Gasteiger partial charge in [0.25, 0.3) is 5.91 Å². The van der Waals surface area contributed by atoms with Crippen molar-refractivity contribution in [2.24, 2.45) is 0 Å². The Balaban J connectivity index is 1.41. The van der Waals surface area contributed by atoms with E-state index in [-0.39, 0.29) is 5.91 Å². The maximum atomic E-state index is 12.9. The van der Waals surface area contributed by atoms with Crippen LogP contribution in [0.5, 0.6) is 0 Å². The Morgan fingerprint density at radius 3 is 2.65 bits per heavy atom. The van der Waals surface area contributed by atoms with E-state index in [9.17, 15) is 4.79 Å². The summed E-state index contributed by atoms with van der Waals surface area (Å²) in [5, 5.41) is 11.8. The zero-order chi connectivity index (χ0) is 21.4. The number of nitrogens with zero attached hydrogens (tertiary/aromatic N) is 5. The Labute approximate surface area is 180 Å². The predicted octanol–water partition coefficient (Wildman–Crippen LogP) is 4.48. The summed E-state index contributed by atoms with van der Waals surface area (Å²) in [7, 11) is 0. The molecule has 7 nitrogen and oxygen atoms in total. The standard InChI is InChI=1S/C24H24N6O/c1-15-16(2)26-21-14-18(10-11-20(21)25-15)24(31)27-19-8-6-7-17(13-19)23-29-28-22-9-4-3-5-12-30(22)23/h6-8,10-11,13-14H,3-5,9,12H2,1-2H3,(H,27,31). The van der Waals surface area contributed by atoms with E-state index in [1.54, 1.807) is 12.1 Å². The molecule has 0 aliphatic carbocycles. The lowest BCUT2D eigenvalue weighted by molar-refractivity contribution is 0.102. The van der Waals surface area contributed by atoms with E-state index in [4.69, 9.17) is 0 Å². The average molecular weight is 412 g/mol. The van der Waals surface area contributed by atoms with Crippen molar-refractivity contribution in [3.63, 3.8) is 0 Å². The number of rotatable bonds is 3. The second-order valence-corrected chi connectivity index (χ2v) is 8.03. The first kappa shape index (κ1) is 19.4. The number of aryl methyl sites for hydroxylation is 3. The van der Waals surface area contributed by atoms with Crippen LogP contribution in [0.4, 0.5) is 5.69 Å². The van der Waals surface area contributed by atoms with Gasteiger partial charge in [-0.25, -0.2) is 9.97 Å². The zero-order valence-electron chi connectivity index (χ0n) is 17.7. The van der Waals surface area contributed by atoms with E-state index in [0.717, 1.165) is 71.1 Å². The SMILES string of the molecule is Cc1nc2ccc(C(=O)Nc3cccc(-c4nnc5n4CCCCC5)c3)cc2nc1C. The van der Waals surface area contributed by atoms with Gasteiger partial charge in [-0.3, -0.25) is 4.79 Å². The van der Waals surface area contributed by atoms with Crippen molar-refractivity contribution >= 4 is 22.6 Å². The molecule has 4 aromatic rings.